The molecule has 2 rings (SSSR count). The smallest absolute Gasteiger partial charge is 0.161 e. The van der Waals surface area contributed by atoms with E-state index in [1.54, 1.807) is 36.4 Å². The zero-order valence-electron chi connectivity index (χ0n) is 15.4. The maximum Gasteiger partial charge on any atom is 0.161 e. The molecule has 0 spiro atoms. The van der Waals surface area contributed by atoms with E-state index in [4.69, 9.17) is 9.84 Å². The fourth-order valence-corrected chi connectivity index (χ4v) is 2.55. The molecule has 0 fully saturated rings. The average molecular weight is 368 g/mol. The van der Waals surface area contributed by atoms with Crippen molar-refractivity contribution >= 4 is 17.9 Å². The van der Waals surface area contributed by atoms with Gasteiger partial charge in [-0.15, -0.1) is 0 Å². The third kappa shape index (κ3) is 6.01. The van der Waals surface area contributed by atoms with Crippen LogP contribution in [0.2, 0.25) is 0 Å². The molecule has 0 radical (unpaired) electrons. The van der Waals surface area contributed by atoms with Crippen LogP contribution in [0.5, 0.6) is 17.2 Å². The normalized spacial score (nSPS) is 12.6. The van der Waals surface area contributed by atoms with E-state index in [2.05, 4.69) is 0 Å². The molecule has 0 bridgehead atoms. The van der Waals surface area contributed by atoms with Crippen LogP contribution in [-0.2, 0) is 11.4 Å². The maximum atomic E-state index is 12.1. The van der Waals surface area contributed by atoms with Gasteiger partial charge < -0.3 is 20.1 Å². The first-order valence-electron chi connectivity index (χ1n) is 8.61. The van der Waals surface area contributed by atoms with Gasteiger partial charge >= 0.3 is 0 Å². The van der Waals surface area contributed by atoms with Crippen molar-refractivity contribution in [2.24, 2.45) is 5.92 Å². The molecule has 0 aliphatic carbocycles. The SMILES string of the molecule is COc1cc(/C=C/C(C)CC(=O)/C=C/c2ccc(O)c(CO)c2)ccc1O. The highest BCUT2D eigenvalue weighted by molar-refractivity contribution is 5.93. The van der Waals surface area contributed by atoms with Gasteiger partial charge in [-0.2, -0.15) is 0 Å². The molecule has 0 aliphatic rings. The maximum absolute atomic E-state index is 12.1. The number of hydrogen-bond acceptors (Lipinski definition) is 5. The third-order valence-electron chi connectivity index (χ3n) is 4.08. The summed E-state index contributed by atoms with van der Waals surface area (Å²) in [7, 11) is 1.49. The molecule has 5 nitrogen and oxygen atoms in total. The quantitative estimate of drug-likeness (QED) is 0.615. The molecule has 3 N–H and O–H groups in total. The lowest BCUT2D eigenvalue weighted by molar-refractivity contribution is -0.115. The number of phenolic OH excluding ortho intramolecular Hbond substituents is 1. The Hall–Kier alpha value is -3.05. The number of benzene rings is 2. The summed E-state index contributed by atoms with van der Waals surface area (Å²) in [5.74, 6) is 0.538. The van der Waals surface area contributed by atoms with Crippen molar-refractivity contribution in [2.75, 3.05) is 7.11 Å². The Morgan fingerprint density at radius 1 is 1.07 bits per heavy atom. The van der Waals surface area contributed by atoms with Gasteiger partial charge in [0.1, 0.15) is 5.75 Å². The van der Waals surface area contributed by atoms with E-state index in [-0.39, 0.29) is 29.8 Å². The van der Waals surface area contributed by atoms with Gasteiger partial charge in [-0.25, -0.2) is 0 Å². The van der Waals surface area contributed by atoms with Crippen LogP contribution in [0.1, 0.15) is 30.0 Å². The van der Waals surface area contributed by atoms with Gasteiger partial charge in [-0.3, -0.25) is 4.79 Å². The predicted octanol–water partition coefficient (Wildman–Crippen LogP) is 3.92. The van der Waals surface area contributed by atoms with E-state index in [0.717, 1.165) is 11.1 Å². The molecule has 2 aromatic carbocycles. The van der Waals surface area contributed by atoms with E-state index in [0.29, 0.717) is 17.7 Å². The van der Waals surface area contributed by atoms with Crippen LogP contribution in [0.25, 0.3) is 12.2 Å². The standard InChI is InChI=1S/C22H24O5/c1-15(3-4-17-7-10-21(26)22(13-17)27-2)11-19(24)8-5-16-6-9-20(25)18(12-16)14-23/h3-10,12-13,15,23,25-26H,11,14H2,1-2H3/b4-3+,8-5+. The van der Waals surface area contributed by atoms with Gasteiger partial charge in [0, 0.05) is 12.0 Å². The molecule has 27 heavy (non-hydrogen) atoms. The molecule has 0 aromatic heterocycles. The summed E-state index contributed by atoms with van der Waals surface area (Å²) < 4.78 is 5.08. The number of aliphatic hydroxyl groups is 1. The highest BCUT2D eigenvalue weighted by Gasteiger charge is 2.05. The molecule has 0 heterocycles. The van der Waals surface area contributed by atoms with Crippen LogP contribution < -0.4 is 4.74 Å². The Bertz CT molecular complexity index is 852. The van der Waals surface area contributed by atoms with Crippen molar-refractivity contribution in [3.8, 4) is 17.2 Å². The number of aliphatic hydroxyl groups excluding tert-OH is 1. The van der Waals surface area contributed by atoms with Crippen LogP contribution >= 0.6 is 0 Å². The average Bonchev–Trinajstić information content (AvgIpc) is 2.66. The summed E-state index contributed by atoms with van der Waals surface area (Å²) in [4.78, 5) is 12.1. The Balaban J connectivity index is 1.95. The number of allylic oxidation sites excluding steroid dienone is 2. The highest BCUT2D eigenvalue weighted by atomic mass is 16.5. The Morgan fingerprint density at radius 2 is 1.74 bits per heavy atom. The van der Waals surface area contributed by atoms with Crippen LogP contribution in [0.3, 0.4) is 0 Å². The Morgan fingerprint density at radius 3 is 2.41 bits per heavy atom. The number of ketones is 1. The number of rotatable bonds is 8. The monoisotopic (exact) mass is 368 g/mol. The summed E-state index contributed by atoms with van der Waals surface area (Å²) >= 11 is 0. The second-order valence-corrected chi connectivity index (χ2v) is 6.32. The van der Waals surface area contributed by atoms with Crippen molar-refractivity contribution < 1.29 is 24.9 Å². The molecule has 0 amide bonds. The Labute approximate surface area is 158 Å². The molecule has 0 aliphatic heterocycles. The number of phenols is 2. The van der Waals surface area contributed by atoms with Crippen LogP contribution in [0, 0.1) is 5.92 Å². The molecule has 0 saturated carbocycles. The number of ether oxygens (including phenoxy) is 1. The van der Waals surface area contributed by atoms with Crippen molar-refractivity contribution in [1.29, 1.82) is 0 Å². The highest BCUT2D eigenvalue weighted by Crippen LogP contribution is 2.27. The molecule has 2 aromatic rings. The van der Waals surface area contributed by atoms with E-state index >= 15 is 0 Å². The number of carbonyl (C=O) groups is 1. The number of hydrogen-bond donors (Lipinski definition) is 3. The zero-order valence-corrected chi connectivity index (χ0v) is 15.4. The lowest BCUT2D eigenvalue weighted by Crippen LogP contribution is -2.00. The van der Waals surface area contributed by atoms with Gasteiger partial charge in [0.2, 0.25) is 0 Å². The van der Waals surface area contributed by atoms with E-state index in [1.165, 1.54) is 19.3 Å². The molecular formula is C22H24O5. The van der Waals surface area contributed by atoms with E-state index in [9.17, 15) is 15.0 Å². The van der Waals surface area contributed by atoms with Crippen molar-refractivity contribution in [1.82, 2.24) is 0 Å². The van der Waals surface area contributed by atoms with Crippen molar-refractivity contribution in [3.63, 3.8) is 0 Å². The predicted molar refractivity (Wildman–Crippen MR) is 106 cm³/mol. The minimum atomic E-state index is -0.259. The van der Waals surface area contributed by atoms with E-state index < -0.39 is 0 Å². The third-order valence-corrected chi connectivity index (χ3v) is 4.08. The van der Waals surface area contributed by atoms with Gasteiger partial charge in [0.15, 0.2) is 17.3 Å². The Kier molecular flexibility index (Phi) is 7.20. The molecule has 0 saturated heterocycles. The summed E-state index contributed by atoms with van der Waals surface area (Å²) in [5, 5.41) is 28.3. The van der Waals surface area contributed by atoms with Crippen LogP contribution in [0.15, 0.2) is 48.6 Å². The second-order valence-electron chi connectivity index (χ2n) is 6.32. The summed E-state index contributed by atoms with van der Waals surface area (Å²) in [6, 6.07) is 9.87. The first-order valence-corrected chi connectivity index (χ1v) is 8.61. The minimum Gasteiger partial charge on any atom is -0.508 e. The van der Waals surface area contributed by atoms with Gasteiger partial charge in [0.25, 0.3) is 0 Å². The minimum absolute atomic E-state index is 0.0194. The molecule has 5 heteroatoms. The van der Waals surface area contributed by atoms with Gasteiger partial charge in [0.05, 0.1) is 13.7 Å². The van der Waals surface area contributed by atoms with Gasteiger partial charge in [-0.05, 0) is 47.4 Å². The van der Waals surface area contributed by atoms with Crippen molar-refractivity contribution in [2.45, 2.75) is 20.0 Å². The first kappa shape index (κ1) is 20.3. The molecule has 142 valence electrons. The van der Waals surface area contributed by atoms with Gasteiger partial charge in [-0.1, -0.05) is 37.3 Å². The first-order chi connectivity index (χ1) is 12.9. The number of methoxy groups -OCH3 is 1. The topological polar surface area (TPSA) is 87.0 Å². The van der Waals surface area contributed by atoms with E-state index in [1.807, 2.05) is 19.1 Å². The van der Waals surface area contributed by atoms with Crippen molar-refractivity contribution in [3.05, 3.63) is 65.2 Å². The largest absolute Gasteiger partial charge is 0.508 e. The number of carbonyl (C=O) groups excluding carboxylic acids is 1. The molecular weight excluding hydrogens is 344 g/mol. The summed E-state index contributed by atoms with van der Waals surface area (Å²) in [6.45, 7) is 1.69. The van der Waals surface area contributed by atoms with Crippen LogP contribution in [-0.4, -0.2) is 28.2 Å². The zero-order chi connectivity index (χ0) is 19.8. The molecule has 1 atom stereocenters. The lowest BCUT2D eigenvalue weighted by atomic mass is 10.0. The second kappa shape index (κ2) is 9.59. The fourth-order valence-electron chi connectivity index (χ4n) is 2.55. The fraction of sp³-hybridized carbons (Fsp3) is 0.227. The number of aromatic hydroxyl groups is 2. The molecule has 1 unspecified atom stereocenters. The summed E-state index contributed by atoms with van der Waals surface area (Å²) in [5.41, 5.74) is 2.04. The van der Waals surface area contributed by atoms with Crippen LogP contribution in [0.4, 0.5) is 0 Å². The lowest BCUT2D eigenvalue weighted by Gasteiger charge is -2.05. The summed E-state index contributed by atoms with van der Waals surface area (Å²) in [6.07, 6.45) is 7.34.